The maximum Gasteiger partial charge on any atom is 0.261 e. The Bertz CT molecular complexity index is 613. The van der Waals surface area contributed by atoms with Gasteiger partial charge in [-0.15, -0.1) is 0 Å². The Hall–Kier alpha value is -1.88. The highest BCUT2D eigenvalue weighted by Gasteiger charge is 2.17. The molecule has 2 aromatic carbocycles. The fourth-order valence-corrected chi connectivity index (χ4v) is 2.00. The summed E-state index contributed by atoms with van der Waals surface area (Å²) in [5, 5.41) is 9.20. The van der Waals surface area contributed by atoms with Gasteiger partial charge in [0.2, 0.25) is 0 Å². The minimum Gasteiger partial charge on any atom is -0.508 e. The number of carbonyl (C=O) groups is 1. The molecule has 0 spiro atoms. The van der Waals surface area contributed by atoms with Crippen LogP contribution in [0.1, 0.15) is 10.4 Å². The lowest BCUT2D eigenvalue weighted by atomic mass is 10.1. The average Bonchev–Trinajstić information content (AvgIpc) is 2.41. The van der Waals surface area contributed by atoms with Crippen LogP contribution in [0.5, 0.6) is 5.75 Å². The number of phenols is 1. The number of benzene rings is 2. The lowest BCUT2D eigenvalue weighted by molar-refractivity contribution is 0.0989. The fraction of sp³-hybridized carbons (Fsp3) is 0.0714. The van der Waals surface area contributed by atoms with Gasteiger partial charge in [0.1, 0.15) is 11.6 Å². The summed E-state index contributed by atoms with van der Waals surface area (Å²) in [6.07, 6.45) is 0. The number of anilines is 1. The van der Waals surface area contributed by atoms with Gasteiger partial charge in [-0.25, -0.2) is 4.39 Å². The Morgan fingerprint density at radius 2 is 1.84 bits per heavy atom. The van der Waals surface area contributed by atoms with Crippen molar-refractivity contribution in [1.29, 1.82) is 0 Å². The summed E-state index contributed by atoms with van der Waals surface area (Å²) in [4.78, 5) is 13.5. The second kappa shape index (κ2) is 5.40. The van der Waals surface area contributed by atoms with E-state index in [0.29, 0.717) is 10.2 Å². The highest BCUT2D eigenvalue weighted by atomic mass is 79.9. The summed E-state index contributed by atoms with van der Waals surface area (Å²) < 4.78 is 14.3. The molecule has 0 unspecified atom stereocenters. The molecule has 19 heavy (non-hydrogen) atoms. The Morgan fingerprint density at radius 3 is 2.47 bits per heavy atom. The third-order valence-corrected chi connectivity index (χ3v) is 3.19. The maximum absolute atomic E-state index is 13.7. The maximum atomic E-state index is 13.7. The van der Waals surface area contributed by atoms with Crippen LogP contribution in [0.3, 0.4) is 0 Å². The summed E-state index contributed by atoms with van der Waals surface area (Å²) in [6.45, 7) is 0. The van der Waals surface area contributed by atoms with E-state index in [4.69, 9.17) is 0 Å². The van der Waals surface area contributed by atoms with Crippen molar-refractivity contribution in [2.45, 2.75) is 0 Å². The van der Waals surface area contributed by atoms with E-state index in [1.807, 2.05) is 0 Å². The molecule has 2 aromatic rings. The first-order chi connectivity index (χ1) is 8.99. The van der Waals surface area contributed by atoms with E-state index in [2.05, 4.69) is 15.9 Å². The lowest BCUT2D eigenvalue weighted by Gasteiger charge is -2.18. The molecule has 0 heterocycles. The first-order valence-corrected chi connectivity index (χ1v) is 6.30. The van der Waals surface area contributed by atoms with Crippen molar-refractivity contribution in [3.63, 3.8) is 0 Å². The van der Waals surface area contributed by atoms with Crippen molar-refractivity contribution in [2.24, 2.45) is 0 Å². The normalized spacial score (nSPS) is 10.3. The van der Waals surface area contributed by atoms with Gasteiger partial charge < -0.3 is 10.0 Å². The number of nitrogens with zero attached hydrogens (tertiary/aromatic N) is 1. The zero-order chi connectivity index (χ0) is 14.0. The molecule has 0 fully saturated rings. The van der Waals surface area contributed by atoms with Gasteiger partial charge in [-0.2, -0.15) is 0 Å². The van der Waals surface area contributed by atoms with Gasteiger partial charge in [-0.05, 0) is 42.5 Å². The molecule has 0 aromatic heterocycles. The van der Waals surface area contributed by atoms with Crippen molar-refractivity contribution in [2.75, 3.05) is 11.9 Å². The van der Waals surface area contributed by atoms with Crippen LogP contribution in [-0.4, -0.2) is 18.1 Å². The Labute approximate surface area is 118 Å². The third kappa shape index (κ3) is 2.93. The van der Waals surface area contributed by atoms with E-state index in [9.17, 15) is 14.3 Å². The molecule has 1 N–H and O–H groups in total. The Balaban J connectivity index is 2.33. The highest BCUT2D eigenvalue weighted by Crippen LogP contribution is 2.22. The summed E-state index contributed by atoms with van der Waals surface area (Å²) in [5.74, 6) is -0.915. The van der Waals surface area contributed by atoms with Gasteiger partial charge >= 0.3 is 0 Å². The topological polar surface area (TPSA) is 40.5 Å². The number of carbonyl (C=O) groups excluding carboxylic acids is 1. The summed E-state index contributed by atoms with van der Waals surface area (Å²) in [5.41, 5.74) is 0.562. The van der Waals surface area contributed by atoms with Crippen molar-refractivity contribution in [3.05, 3.63) is 58.3 Å². The van der Waals surface area contributed by atoms with Crippen LogP contribution in [0.25, 0.3) is 0 Å². The van der Waals surface area contributed by atoms with Crippen LogP contribution in [0.2, 0.25) is 0 Å². The fourth-order valence-electron chi connectivity index (χ4n) is 1.64. The SMILES string of the molecule is CN(C(=O)c1cc(Br)ccc1F)c1ccc(O)cc1. The molecule has 0 saturated carbocycles. The number of hydrogen-bond donors (Lipinski definition) is 1. The second-order valence-electron chi connectivity index (χ2n) is 4.00. The van der Waals surface area contributed by atoms with Crippen LogP contribution >= 0.6 is 15.9 Å². The molecule has 1 amide bonds. The number of phenolic OH excluding ortho intramolecular Hbond substituents is 1. The highest BCUT2D eigenvalue weighted by molar-refractivity contribution is 9.10. The zero-order valence-corrected chi connectivity index (χ0v) is 11.7. The van der Waals surface area contributed by atoms with E-state index in [0.717, 1.165) is 0 Å². The van der Waals surface area contributed by atoms with E-state index in [1.54, 1.807) is 19.2 Å². The number of amides is 1. The summed E-state index contributed by atoms with van der Waals surface area (Å²) in [7, 11) is 1.55. The smallest absolute Gasteiger partial charge is 0.261 e. The van der Waals surface area contributed by atoms with Crippen molar-refractivity contribution >= 4 is 27.5 Å². The molecular formula is C14H11BrFNO2. The van der Waals surface area contributed by atoms with Gasteiger partial charge in [-0.3, -0.25) is 4.79 Å². The predicted molar refractivity (Wildman–Crippen MR) is 74.9 cm³/mol. The number of halogens is 2. The lowest BCUT2D eigenvalue weighted by Crippen LogP contribution is -2.27. The number of hydrogen-bond acceptors (Lipinski definition) is 2. The van der Waals surface area contributed by atoms with Crippen LogP contribution in [0.15, 0.2) is 46.9 Å². The second-order valence-corrected chi connectivity index (χ2v) is 4.92. The van der Waals surface area contributed by atoms with Gasteiger partial charge in [0.15, 0.2) is 0 Å². The van der Waals surface area contributed by atoms with Crippen LogP contribution < -0.4 is 4.90 Å². The van der Waals surface area contributed by atoms with E-state index in [1.165, 1.54) is 35.2 Å². The Kier molecular flexibility index (Phi) is 3.85. The molecule has 0 aliphatic heterocycles. The average molecular weight is 324 g/mol. The quantitative estimate of drug-likeness (QED) is 0.917. The molecule has 0 atom stereocenters. The van der Waals surface area contributed by atoms with Gasteiger partial charge in [0.05, 0.1) is 5.56 Å². The summed E-state index contributed by atoms with van der Waals surface area (Å²) in [6, 6.07) is 10.3. The number of aromatic hydroxyl groups is 1. The van der Waals surface area contributed by atoms with Crippen molar-refractivity contribution in [1.82, 2.24) is 0 Å². The zero-order valence-electron chi connectivity index (χ0n) is 10.1. The number of rotatable bonds is 2. The molecular weight excluding hydrogens is 313 g/mol. The van der Waals surface area contributed by atoms with Gasteiger partial charge in [0.25, 0.3) is 5.91 Å². The van der Waals surface area contributed by atoms with E-state index < -0.39 is 11.7 Å². The first kappa shape index (κ1) is 13.5. The molecule has 0 aliphatic carbocycles. The minimum atomic E-state index is -0.571. The molecule has 98 valence electrons. The monoisotopic (exact) mass is 323 g/mol. The first-order valence-electron chi connectivity index (χ1n) is 5.51. The largest absolute Gasteiger partial charge is 0.508 e. The van der Waals surface area contributed by atoms with Gasteiger partial charge in [0, 0.05) is 17.2 Å². The van der Waals surface area contributed by atoms with Crippen LogP contribution in [0.4, 0.5) is 10.1 Å². The van der Waals surface area contributed by atoms with Gasteiger partial charge in [-0.1, -0.05) is 15.9 Å². The molecule has 0 radical (unpaired) electrons. The van der Waals surface area contributed by atoms with E-state index in [-0.39, 0.29) is 11.3 Å². The van der Waals surface area contributed by atoms with E-state index >= 15 is 0 Å². The predicted octanol–water partition coefficient (Wildman–Crippen LogP) is 3.57. The minimum absolute atomic E-state index is 0.00931. The molecule has 5 heteroatoms. The summed E-state index contributed by atoms with van der Waals surface area (Å²) >= 11 is 3.21. The standard InChI is InChI=1S/C14H11BrFNO2/c1-17(10-3-5-11(18)6-4-10)14(19)12-8-9(15)2-7-13(12)16/h2-8,18H,1H3. The molecule has 0 aliphatic rings. The molecule has 0 bridgehead atoms. The Morgan fingerprint density at radius 1 is 1.21 bits per heavy atom. The molecule has 3 nitrogen and oxygen atoms in total. The van der Waals surface area contributed by atoms with Crippen molar-refractivity contribution < 1.29 is 14.3 Å². The molecule has 2 rings (SSSR count). The van der Waals surface area contributed by atoms with Crippen molar-refractivity contribution in [3.8, 4) is 5.75 Å². The molecule has 0 saturated heterocycles. The van der Waals surface area contributed by atoms with Crippen LogP contribution in [0, 0.1) is 5.82 Å². The van der Waals surface area contributed by atoms with Crippen LogP contribution in [-0.2, 0) is 0 Å². The third-order valence-electron chi connectivity index (χ3n) is 2.70.